The Morgan fingerprint density at radius 2 is 2.40 bits per heavy atom. The van der Waals surface area contributed by atoms with Gasteiger partial charge >= 0.3 is 0 Å². The molecule has 7 heteroatoms. The smallest absolute Gasteiger partial charge is 0.239 e. The quantitative estimate of drug-likeness (QED) is 0.828. The summed E-state index contributed by atoms with van der Waals surface area (Å²) in [5, 5.41) is 8.18. The van der Waals surface area contributed by atoms with E-state index in [1.54, 1.807) is 11.3 Å². The van der Waals surface area contributed by atoms with Gasteiger partial charge in [0.05, 0.1) is 12.2 Å². The van der Waals surface area contributed by atoms with Crippen molar-refractivity contribution < 1.29 is 4.79 Å². The number of rotatable bonds is 6. The van der Waals surface area contributed by atoms with E-state index in [9.17, 15) is 4.79 Å². The van der Waals surface area contributed by atoms with Crippen LogP contribution < -0.4 is 15.5 Å². The minimum absolute atomic E-state index is 0.0711. The van der Waals surface area contributed by atoms with E-state index in [-0.39, 0.29) is 5.91 Å². The standard InChI is InChI=1S/C13H19N5OS/c1-14-7-10-12(16-13-18(10)5-6-20-13)17(2)8-11(19)15-9-3-4-9/h5-6,9,14H,3-4,7-8H2,1-2H3,(H,15,19). The number of nitrogens with one attached hydrogen (secondary N) is 2. The molecule has 2 heterocycles. The highest BCUT2D eigenvalue weighted by Crippen LogP contribution is 2.24. The first-order valence-electron chi connectivity index (χ1n) is 6.78. The number of carbonyl (C=O) groups excluding carboxylic acids is 1. The van der Waals surface area contributed by atoms with Gasteiger partial charge in [-0.05, 0) is 19.9 Å². The zero-order valence-electron chi connectivity index (χ0n) is 11.7. The minimum atomic E-state index is 0.0711. The first-order chi connectivity index (χ1) is 9.69. The fourth-order valence-corrected chi connectivity index (χ4v) is 2.98. The highest BCUT2D eigenvalue weighted by molar-refractivity contribution is 7.15. The van der Waals surface area contributed by atoms with E-state index < -0.39 is 0 Å². The second-order valence-corrected chi connectivity index (χ2v) is 6.04. The van der Waals surface area contributed by atoms with Gasteiger partial charge in [0, 0.05) is 31.2 Å². The Kier molecular flexibility index (Phi) is 3.62. The lowest BCUT2D eigenvalue weighted by atomic mass is 10.3. The average Bonchev–Trinajstić information content (AvgIpc) is 2.98. The third-order valence-electron chi connectivity index (χ3n) is 3.37. The molecule has 20 heavy (non-hydrogen) atoms. The molecular weight excluding hydrogens is 274 g/mol. The summed E-state index contributed by atoms with van der Waals surface area (Å²) in [5.74, 6) is 0.943. The van der Waals surface area contributed by atoms with Crippen LogP contribution in [-0.4, -0.2) is 42.0 Å². The van der Waals surface area contributed by atoms with Crippen molar-refractivity contribution in [2.24, 2.45) is 0 Å². The van der Waals surface area contributed by atoms with Crippen LogP contribution in [0.2, 0.25) is 0 Å². The molecule has 0 unspecified atom stereocenters. The molecule has 2 aromatic rings. The Hall–Kier alpha value is -1.60. The third kappa shape index (κ3) is 2.64. The molecule has 3 rings (SSSR count). The van der Waals surface area contributed by atoms with Crippen molar-refractivity contribution in [1.82, 2.24) is 20.0 Å². The van der Waals surface area contributed by atoms with Crippen LogP contribution >= 0.6 is 11.3 Å². The van der Waals surface area contributed by atoms with Crippen molar-refractivity contribution in [3.8, 4) is 0 Å². The molecule has 1 amide bonds. The Morgan fingerprint density at radius 1 is 1.60 bits per heavy atom. The van der Waals surface area contributed by atoms with E-state index in [2.05, 4.69) is 20.0 Å². The van der Waals surface area contributed by atoms with E-state index in [0.717, 1.165) is 35.9 Å². The van der Waals surface area contributed by atoms with Crippen LogP contribution in [0, 0.1) is 0 Å². The van der Waals surface area contributed by atoms with Crippen LogP contribution in [0.1, 0.15) is 18.5 Å². The molecule has 108 valence electrons. The number of thiazole rings is 1. The zero-order valence-corrected chi connectivity index (χ0v) is 12.5. The van der Waals surface area contributed by atoms with Gasteiger partial charge in [0.15, 0.2) is 10.8 Å². The Labute approximate surface area is 121 Å². The Balaban J connectivity index is 1.78. The summed E-state index contributed by atoms with van der Waals surface area (Å²) in [4.78, 5) is 19.4. The van der Waals surface area contributed by atoms with E-state index in [0.29, 0.717) is 12.6 Å². The number of imidazole rings is 1. The Morgan fingerprint density at radius 3 is 3.10 bits per heavy atom. The second-order valence-electron chi connectivity index (χ2n) is 5.17. The maximum absolute atomic E-state index is 11.9. The van der Waals surface area contributed by atoms with Crippen molar-refractivity contribution >= 4 is 28.0 Å². The molecule has 0 spiro atoms. The van der Waals surface area contributed by atoms with Gasteiger partial charge in [-0.2, -0.15) is 0 Å². The summed E-state index contributed by atoms with van der Waals surface area (Å²) in [6.45, 7) is 1.07. The van der Waals surface area contributed by atoms with Crippen LogP contribution in [0.15, 0.2) is 11.6 Å². The van der Waals surface area contributed by atoms with Crippen molar-refractivity contribution in [3.63, 3.8) is 0 Å². The molecule has 6 nitrogen and oxygen atoms in total. The van der Waals surface area contributed by atoms with E-state index in [4.69, 9.17) is 0 Å². The lowest BCUT2D eigenvalue weighted by molar-refractivity contribution is -0.119. The van der Waals surface area contributed by atoms with E-state index in [1.165, 1.54) is 0 Å². The SMILES string of the molecule is CNCc1c(N(C)CC(=O)NC2CC2)nc2sccn12. The summed E-state index contributed by atoms with van der Waals surface area (Å²) in [6.07, 6.45) is 4.24. The molecule has 0 aliphatic heterocycles. The van der Waals surface area contributed by atoms with Gasteiger partial charge in [-0.15, -0.1) is 11.3 Å². The third-order valence-corrected chi connectivity index (χ3v) is 4.13. The average molecular weight is 293 g/mol. The predicted octanol–water partition coefficient (Wildman–Crippen LogP) is 0.830. The van der Waals surface area contributed by atoms with Crippen molar-refractivity contribution in [1.29, 1.82) is 0 Å². The topological polar surface area (TPSA) is 61.7 Å². The number of likely N-dealkylation sites (N-methyl/N-ethyl adjacent to an activating group) is 1. The number of aromatic nitrogens is 2. The maximum Gasteiger partial charge on any atom is 0.239 e. The summed E-state index contributed by atoms with van der Waals surface area (Å²) in [5.41, 5.74) is 1.09. The van der Waals surface area contributed by atoms with Crippen LogP contribution in [-0.2, 0) is 11.3 Å². The van der Waals surface area contributed by atoms with E-state index in [1.807, 2.05) is 30.6 Å². The van der Waals surface area contributed by atoms with Crippen LogP contribution in [0.4, 0.5) is 5.82 Å². The number of nitrogens with zero attached hydrogens (tertiary/aromatic N) is 3. The highest BCUT2D eigenvalue weighted by atomic mass is 32.1. The molecule has 1 aliphatic rings. The summed E-state index contributed by atoms with van der Waals surface area (Å²) < 4.78 is 2.08. The number of anilines is 1. The van der Waals surface area contributed by atoms with Crippen molar-refractivity contribution in [2.45, 2.75) is 25.4 Å². The van der Waals surface area contributed by atoms with Crippen molar-refractivity contribution in [2.75, 3.05) is 25.5 Å². The molecule has 0 aromatic carbocycles. The minimum Gasteiger partial charge on any atom is -0.352 e. The van der Waals surface area contributed by atoms with Gasteiger partial charge < -0.3 is 15.5 Å². The predicted molar refractivity (Wildman–Crippen MR) is 80.3 cm³/mol. The number of hydrogen-bond acceptors (Lipinski definition) is 5. The lowest BCUT2D eigenvalue weighted by Crippen LogP contribution is -2.36. The monoisotopic (exact) mass is 293 g/mol. The summed E-state index contributed by atoms with van der Waals surface area (Å²) >= 11 is 1.60. The largest absolute Gasteiger partial charge is 0.352 e. The number of fused-ring (bicyclic) bond motifs is 1. The Bertz CT molecular complexity index is 615. The van der Waals surface area contributed by atoms with E-state index >= 15 is 0 Å². The molecule has 0 radical (unpaired) electrons. The molecule has 1 saturated carbocycles. The molecule has 2 N–H and O–H groups in total. The molecule has 0 atom stereocenters. The summed E-state index contributed by atoms with van der Waals surface area (Å²) in [6, 6.07) is 0.401. The fourth-order valence-electron chi connectivity index (χ4n) is 2.25. The summed E-state index contributed by atoms with van der Waals surface area (Å²) in [7, 11) is 3.83. The van der Waals surface area contributed by atoms with Crippen molar-refractivity contribution in [3.05, 3.63) is 17.3 Å². The van der Waals surface area contributed by atoms with Gasteiger partial charge in [0.2, 0.25) is 5.91 Å². The number of hydrogen-bond donors (Lipinski definition) is 2. The van der Waals surface area contributed by atoms with Crippen LogP contribution in [0.25, 0.3) is 4.96 Å². The first-order valence-corrected chi connectivity index (χ1v) is 7.66. The fraction of sp³-hybridized carbons (Fsp3) is 0.538. The lowest BCUT2D eigenvalue weighted by Gasteiger charge is -2.18. The normalized spacial score (nSPS) is 14.7. The van der Waals surface area contributed by atoms with Gasteiger partial charge in [0.25, 0.3) is 0 Å². The number of carbonyl (C=O) groups is 1. The molecule has 1 fully saturated rings. The van der Waals surface area contributed by atoms with Gasteiger partial charge in [-0.3, -0.25) is 9.20 Å². The van der Waals surface area contributed by atoms with Gasteiger partial charge in [0.1, 0.15) is 0 Å². The molecule has 1 aliphatic carbocycles. The molecule has 0 saturated heterocycles. The molecule has 0 bridgehead atoms. The first kappa shape index (κ1) is 13.4. The molecule has 2 aromatic heterocycles. The number of amides is 1. The molecular formula is C13H19N5OS. The van der Waals surface area contributed by atoms with Gasteiger partial charge in [-0.25, -0.2) is 4.98 Å². The highest BCUT2D eigenvalue weighted by Gasteiger charge is 2.24. The van der Waals surface area contributed by atoms with Gasteiger partial charge in [-0.1, -0.05) is 0 Å². The van der Waals surface area contributed by atoms with Crippen LogP contribution in [0.5, 0.6) is 0 Å². The maximum atomic E-state index is 11.9. The van der Waals surface area contributed by atoms with Crippen LogP contribution in [0.3, 0.4) is 0 Å². The zero-order chi connectivity index (χ0) is 14.1. The second kappa shape index (κ2) is 5.41.